The molecule has 0 spiro atoms. The smallest absolute Gasteiger partial charge is 0.422 e. The van der Waals surface area contributed by atoms with Gasteiger partial charge >= 0.3 is 16.9 Å². The number of nitrogens with zero attached hydrogens (tertiary/aromatic N) is 4. The second kappa shape index (κ2) is 7.11. The molecular weight excluding hydrogens is 498 g/mol. The fourth-order valence-electron chi connectivity index (χ4n) is 3.41. The van der Waals surface area contributed by atoms with Gasteiger partial charge in [-0.25, -0.2) is 19.1 Å². The van der Waals surface area contributed by atoms with Crippen molar-refractivity contribution in [3.63, 3.8) is 0 Å². The molecule has 6 rings (SSSR count). The van der Waals surface area contributed by atoms with Crippen molar-refractivity contribution in [2.75, 3.05) is 0 Å². The summed E-state index contributed by atoms with van der Waals surface area (Å²) in [6, 6.07) is 16.4. The average molecular weight is 509 g/mol. The molecule has 2 aromatic carbocycles. The first kappa shape index (κ1) is 18.9. The van der Waals surface area contributed by atoms with Gasteiger partial charge in [0.1, 0.15) is 5.58 Å². The molecule has 4 heterocycles. The lowest BCUT2D eigenvalue weighted by Gasteiger charge is -2.00. The van der Waals surface area contributed by atoms with Gasteiger partial charge in [-0.3, -0.25) is 4.52 Å². The number of H-pyrrole nitrogens is 1. The Morgan fingerprint density at radius 3 is 2.72 bits per heavy atom. The van der Waals surface area contributed by atoms with Crippen molar-refractivity contribution >= 4 is 43.2 Å². The highest BCUT2D eigenvalue weighted by Gasteiger charge is 2.29. The fourth-order valence-corrected chi connectivity index (χ4v) is 4.70. The molecule has 0 atom stereocenters. The zero-order chi connectivity index (χ0) is 21.8. The molecular formula is C21H11BrN5O4S+. The van der Waals surface area contributed by atoms with E-state index in [2.05, 4.69) is 31.3 Å². The van der Waals surface area contributed by atoms with Crippen LogP contribution in [0.15, 0.2) is 83.8 Å². The number of hydrogen-bond acceptors (Lipinski definition) is 7. The first-order chi connectivity index (χ1) is 15.6. The van der Waals surface area contributed by atoms with E-state index in [9.17, 15) is 9.59 Å². The Balaban J connectivity index is 1.46. The van der Waals surface area contributed by atoms with Crippen molar-refractivity contribution in [2.24, 2.45) is 0 Å². The SMILES string of the molecule is O=c1oc2ccc(Br)cc2cc1-c1cn2nc(-c3c(=O)o[nH][n+]3-c3ccccc3)sc2n1. The van der Waals surface area contributed by atoms with E-state index in [1.807, 2.05) is 42.5 Å². The molecule has 0 fully saturated rings. The number of hydrogen-bond donors (Lipinski definition) is 1. The number of nitrogens with one attached hydrogen (secondary N) is 1. The zero-order valence-electron chi connectivity index (χ0n) is 16.0. The van der Waals surface area contributed by atoms with Crippen LogP contribution in [-0.4, -0.2) is 19.9 Å². The first-order valence-corrected chi connectivity index (χ1v) is 11.0. The summed E-state index contributed by atoms with van der Waals surface area (Å²) in [5.74, 6) is 0. The van der Waals surface area contributed by atoms with Crippen LogP contribution in [0.1, 0.15) is 0 Å². The monoisotopic (exact) mass is 508 g/mol. The number of benzene rings is 2. The van der Waals surface area contributed by atoms with E-state index >= 15 is 0 Å². The predicted octanol–water partition coefficient (Wildman–Crippen LogP) is 3.55. The standard InChI is InChI=1S/C21H10BrN5O4S/c22-12-6-7-16-11(8-12)9-14(19(28)30-16)15-10-26-21(23-15)32-18(24-26)17-20(29)31-25-27(17)13-4-2-1-3-5-13/h1-10H/p+1. The van der Waals surface area contributed by atoms with Crippen LogP contribution in [0.3, 0.4) is 0 Å². The molecule has 1 N–H and O–H groups in total. The van der Waals surface area contributed by atoms with Crippen LogP contribution >= 0.6 is 27.3 Å². The van der Waals surface area contributed by atoms with Crippen molar-refractivity contribution < 1.29 is 13.6 Å². The number of aromatic nitrogens is 5. The Morgan fingerprint density at radius 1 is 1.06 bits per heavy atom. The minimum atomic E-state index is -0.549. The third kappa shape index (κ3) is 3.01. The number of halogens is 1. The Morgan fingerprint density at radius 2 is 1.91 bits per heavy atom. The maximum Gasteiger partial charge on any atom is 0.438 e. The summed E-state index contributed by atoms with van der Waals surface area (Å²) in [7, 11) is 0. The second-order valence-electron chi connectivity index (χ2n) is 6.89. The van der Waals surface area contributed by atoms with Crippen LogP contribution in [-0.2, 0) is 0 Å². The summed E-state index contributed by atoms with van der Waals surface area (Å²) in [5, 5.41) is 8.28. The largest absolute Gasteiger partial charge is 0.438 e. The van der Waals surface area contributed by atoms with E-state index in [0.29, 0.717) is 26.8 Å². The topological polar surface area (TPSA) is 110 Å². The Bertz CT molecular complexity index is 1710. The number of rotatable bonds is 3. The molecule has 156 valence electrons. The van der Waals surface area contributed by atoms with Gasteiger partial charge in [0.15, 0.2) is 0 Å². The molecule has 9 nitrogen and oxygen atoms in total. The average Bonchev–Trinajstić information content (AvgIpc) is 3.47. The van der Waals surface area contributed by atoms with Crippen molar-refractivity contribution in [3.8, 4) is 27.6 Å². The van der Waals surface area contributed by atoms with E-state index in [4.69, 9.17) is 8.94 Å². The van der Waals surface area contributed by atoms with E-state index in [0.717, 1.165) is 15.5 Å². The minimum absolute atomic E-state index is 0.253. The van der Waals surface area contributed by atoms with Crippen LogP contribution in [0.5, 0.6) is 0 Å². The van der Waals surface area contributed by atoms with Crippen molar-refractivity contribution in [1.82, 2.24) is 19.9 Å². The lowest BCUT2D eigenvalue weighted by molar-refractivity contribution is -0.660. The Kier molecular flexibility index (Phi) is 4.20. The second-order valence-corrected chi connectivity index (χ2v) is 8.76. The molecule has 0 saturated carbocycles. The summed E-state index contributed by atoms with van der Waals surface area (Å²) in [5.41, 5.74) is 1.20. The normalized spacial score (nSPS) is 11.5. The fraction of sp³-hybridized carbons (Fsp3) is 0. The molecule has 4 aromatic heterocycles. The third-order valence-electron chi connectivity index (χ3n) is 4.88. The molecule has 0 bridgehead atoms. The number of imidazole rings is 1. The molecule has 0 radical (unpaired) electrons. The van der Waals surface area contributed by atoms with Gasteiger partial charge in [0, 0.05) is 22.0 Å². The number of aromatic amines is 1. The van der Waals surface area contributed by atoms with Gasteiger partial charge in [-0.15, -0.1) is 5.10 Å². The predicted molar refractivity (Wildman–Crippen MR) is 120 cm³/mol. The van der Waals surface area contributed by atoms with Crippen LogP contribution in [0.25, 0.3) is 43.6 Å². The zero-order valence-corrected chi connectivity index (χ0v) is 18.4. The van der Waals surface area contributed by atoms with E-state index in [1.54, 1.807) is 18.3 Å². The summed E-state index contributed by atoms with van der Waals surface area (Å²) in [6.07, 6.45) is 1.63. The third-order valence-corrected chi connectivity index (χ3v) is 6.30. The van der Waals surface area contributed by atoms with Gasteiger partial charge in [0.25, 0.3) is 0 Å². The molecule has 0 unspecified atom stereocenters. The van der Waals surface area contributed by atoms with Crippen molar-refractivity contribution in [2.45, 2.75) is 0 Å². The highest BCUT2D eigenvalue weighted by Crippen LogP contribution is 2.27. The number of para-hydroxylation sites is 1. The Labute approximate surface area is 190 Å². The molecule has 11 heteroatoms. The molecule has 0 aliphatic heterocycles. The lowest BCUT2D eigenvalue weighted by Crippen LogP contribution is -2.36. The Hall–Kier alpha value is -3.83. The van der Waals surface area contributed by atoms with E-state index < -0.39 is 11.3 Å². The van der Waals surface area contributed by atoms with Gasteiger partial charge in [0.05, 0.1) is 17.5 Å². The van der Waals surface area contributed by atoms with Gasteiger partial charge < -0.3 is 4.42 Å². The van der Waals surface area contributed by atoms with Crippen LogP contribution in [0, 0.1) is 0 Å². The lowest BCUT2D eigenvalue weighted by atomic mass is 10.1. The van der Waals surface area contributed by atoms with Gasteiger partial charge in [-0.1, -0.05) is 45.5 Å². The minimum Gasteiger partial charge on any atom is -0.422 e. The summed E-state index contributed by atoms with van der Waals surface area (Å²) in [6.45, 7) is 0. The maximum atomic E-state index is 12.5. The summed E-state index contributed by atoms with van der Waals surface area (Å²) < 4.78 is 14.4. The summed E-state index contributed by atoms with van der Waals surface area (Å²) >= 11 is 4.63. The van der Waals surface area contributed by atoms with Gasteiger partial charge in [0.2, 0.25) is 15.7 Å². The molecule has 0 saturated heterocycles. The summed E-state index contributed by atoms with van der Waals surface area (Å²) in [4.78, 5) is 29.9. The highest BCUT2D eigenvalue weighted by molar-refractivity contribution is 9.10. The molecule has 6 aromatic rings. The molecule has 0 aliphatic carbocycles. The molecule has 0 aliphatic rings. The molecule has 0 amide bonds. The van der Waals surface area contributed by atoms with E-state index in [1.165, 1.54) is 20.5 Å². The van der Waals surface area contributed by atoms with Crippen LogP contribution < -0.4 is 15.9 Å². The van der Waals surface area contributed by atoms with Crippen LogP contribution in [0.2, 0.25) is 0 Å². The van der Waals surface area contributed by atoms with Gasteiger partial charge in [-0.05, 0) is 34.2 Å². The maximum absolute atomic E-state index is 12.5. The van der Waals surface area contributed by atoms with Crippen LogP contribution in [0.4, 0.5) is 0 Å². The van der Waals surface area contributed by atoms with Gasteiger partial charge in [-0.2, -0.15) is 0 Å². The molecule has 32 heavy (non-hydrogen) atoms. The van der Waals surface area contributed by atoms with E-state index in [-0.39, 0.29) is 5.69 Å². The van der Waals surface area contributed by atoms with Crippen molar-refractivity contribution in [1.29, 1.82) is 0 Å². The quantitative estimate of drug-likeness (QED) is 0.289. The number of fused-ring (bicyclic) bond motifs is 2. The van der Waals surface area contributed by atoms with Crippen molar-refractivity contribution in [3.05, 3.63) is 86.1 Å². The highest BCUT2D eigenvalue weighted by atomic mass is 79.9. The first-order valence-electron chi connectivity index (χ1n) is 9.36.